The Morgan fingerprint density at radius 1 is 1.44 bits per heavy atom. The zero-order valence-corrected chi connectivity index (χ0v) is 12.3. The number of hydrogen-bond acceptors (Lipinski definition) is 1. The summed E-state index contributed by atoms with van der Waals surface area (Å²) in [5.74, 6) is -0.617. The highest BCUT2D eigenvalue weighted by atomic mass is 127. The fourth-order valence-corrected chi connectivity index (χ4v) is 2.39. The van der Waals surface area contributed by atoms with Gasteiger partial charge in [-0.25, -0.2) is 4.39 Å². The number of benzene rings is 1. The first kappa shape index (κ1) is 13.4. The van der Waals surface area contributed by atoms with Crippen molar-refractivity contribution >= 4 is 45.8 Å². The number of hydrogen-bond donors (Lipinski definition) is 1. The predicted molar refractivity (Wildman–Crippen MR) is 77.5 cm³/mol. The lowest BCUT2D eigenvalue weighted by Crippen LogP contribution is -2.16. The minimum Gasteiger partial charge on any atom is -0.345 e. The van der Waals surface area contributed by atoms with Gasteiger partial charge in [-0.3, -0.25) is 4.79 Å². The molecule has 0 saturated carbocycles. The Labute approximate surface area is 122 Å². The number of halogens is 3. The zero-order chi connectivity index (χ0) is 13.3. The molecule has 1 N–H and O–H groups in total. The maximum atomic E-state index is 12.9. The van der Waals surface area contributed by atoms with Crippen LogP contribution in [0.2, 0.25) is 5.02 Å². The minimum absolute atomic E-state index is 0.283. The molecule has 1 heterocycles. The summed E-state index contributed by atoms with van der Waals surface area (Å²) in [6.07, 6.45) is 1.64. The van der Waals surface area contributed by atoms with Gasteiger partial charge in [0.2, 0.25) is 0 Å². The van der Waals surface area contributed by atoms with Crippen LogP contribution in [-0.2, 0) is 7.05 Å². The van der Waals surface area contributed by atoms with E-state index in [1.54, 1.807) is 23.9 Å². The van der Waals surface area contributed by atoms with E-state index in [0.29, 0.717) is 20.0 Å². The number of aromatic nitrogens is 1. The monoisotopic (exact) mass is 378 g/mol. The first-order chi connectivity index (χ1) is 8.47. The Balaban J connectivity index is 2.24. The van der Waals surface area contributed by atoms with E-state index >= 15 is 0 Å². The molecule has 0 atom stereocenters. The van der Waals surface area contributed by atoms with Crippen molar-refractivity contribution < 1.29 is 9.18 Å². The lowest BCUT2D eigenvalue weighted by atomic mass is 10.3. The van der Waals surface area contributed by atoms with Crippen LogP contribution >= 0.6 is 34.2 Å². The molecule has 1 aromatic carbocycles. The van der Waals surface area contributed by atoms with Crippen molar-refractivity contribution in [2.24, 2.45) is 7.05 Å². The van der Waals surface area contributed by atoms with Gasteiger partial charge in [0.15, 0.2) is 0 Å². The van der Waals surface area contributed by atoms with Crippen LogP contribution in [0.5, 0.6) is 0 Å². The van der Waals surface area contributed by atoms with Crippen LogP contribution in [-0.4, -0.2) is 10.5 Å². The van der Waals surface area contributed by atoms with Crippen LogP contribution in [0.3, 0.4) is 0 Å². The second-order valence-corrected chi connectivity index (χ2v) is 5.33. The molecule has 94 valence electrons. The van der Waals surface area contributed by atoms with Gasteiger partial charge in [0.05, 0.1) is 10.7 Å². The van der Waals surface area contributed by atoms with Gasteiger partial charge in [0.25, 0.3) is 5.91 Å². The number of aryl methyl sites for hydroxylation is 1. The van der Waals surface area contributed by atoms with Gasteiger partial charge in [-0.1, -0.05) is 11.6 Å². The average Bonchev–Trinajstić information content (AvgIpc) is 2.62. The van der Waals surface area contributed by atoms with E-state index in [1.807, 2.05) is 22.6 Å². The molecule has 3 nitrogen and oxygen atoms in total. The summed E-state index contributed by atoms with van der Waals surface area (Å²) < 4.78 is 15.2. The number of nitrogens with one attached hydrogen (secondary N) is 1. The number of nitrogens with zero attached hydrogens (tertiary/aromatic N) is 1. The molecule has 1 aromatic heterocycles. The Morgan fingerprint density at radius 2 is 2.17 bits per heavy atom. The second kappa shape index (κ2) is 5.27. The predicted octanol–water partition coefficient (Wildman–Crippen LogP) is 3.67. The van der Waals surface area contributed by atoms with Crippen LogP contribution in [0.4, 0.5) is 10.1 Å². The van der Waals surface area contributed by atoms with Crippen LogP contribution < -0.4 is 5.32 Å². The smallest absolute Gasteiger partial charge is 0.272 e. The topological polar surface area (TPSA) is 34.0 Å². The number of carbonyl (C=O) groups is 1. The standard InChI is InChI=1S/C12H9ClFIN2O/c1-17-6-7(13)4-11(17)12(18)16-10-3-2-8(14)5-9(10)15/h2-6H,1H3,(H,16,18). The number of rotatable bonds is 2. The highest BCUT2D eigenvalue weighted by Crippen LogP contribution is 2.20. The molecule has 0 radical (unpaired) electrons. The molecule has 0 aliphatic carbocycles. The van der Waals surface area contributed by atoms with E-state index in [2.05, 4.69) is 5.32 Å². The average molecular weight is 379 g/mol. The third-order valence-corrected chi connectivity index (χ3v) is 3.48. The summed E-state index contributed by atoms with van der Waals surface area (Å²) in [5, 5.41) is 3.21. The molecule has 1 amide bonds. The molecule has 0 fully saturated rings. The molecule has 0 aliphatic heterocycles. The summed E-state index contributed by atoms with van der Waals surface area (Å²) in [5.41, 5.74) is 1.01. The summed E-state index contributed by atoms with van der Waals surface area (Å²) in [6.45, 7) is 0. The fourth-order valence-electron chi connectivity index (χ4n) is 1.53. The van der Waals surface area contributed by atoms with Gasteiger partial charge in [0.1, 0.15) is 11.5 Å². The normalized spacial score (nSPS) is 10.4. The van der Waals surface area contributed by atoms with Crippen LogP contribution in [0, 0.1) is 9.39 Å². The molecule has 0 spiro atoms. The van der Waals surface area contributed by atoms with Crippen LogP contribution in [0.15, 0.2) is 30.5 Å². The fraction of sp³-hybridized carbons (Fsp3) is 0.0833. The largest absolute Gasteiger partial charge is 0.345 e. The lowest BCUT2D eigenvalue weighted by Gasteiger charge is -2.07. The van der Waals surface area contributed by atoms with Crippen molar-refractivity contribution in [3.8, 4) is 0 Å². The van der Waals surface area contributed by atoms with Crippen molar-refractivity contribution in [2.75, 3.05) is 5.32 Å². The van der Waals surface area contributed by atoms with Gasteiger partial charge < -0.3 is 9.88 Å². The Hall–Kier alpha value is -1.08. The minimum atomic E-state index is -0.334. The number of carbonyl (C=O) groups excluding carboxylic acids is 1. The molecular weight excluding hydrogens is 369 g/mol. The Morgan fingerprint density at radius 3 is 2.72 bits per heavy atom. The van der Waals surface area contributed by atoms with Gasteiger partial charge in [-0.2, -0.15) is 0 Å². The van der Waals surface area contributed by atoms with Crippen molar-refractivity contribution in [1.29, 1.82) is 0 Å². The molecule has 0 aliphatic rings. The van der Waals surface area contributed by atoms with Gasteiger partial charge in [-0.05, 0) is 46.9 Å². The summed E-state index contributed by atoms with van der Waals surface area (Å²) in [6, 6.07) is 5.76. The van der Waals surface area contributed by atoms with Crippen molar-refractivity contribution in [3.63, 3.8) is 0 Å². The van der Waals surface area contributed by atoms with Crippen LogP contribution in [0.25, 0.3) is 0 Å². The maximum Gasteiger partial charge on any atom is 0.272 e. The zero-order valence-electron chi connectivity index (χ0n) is 9.38. The first-order valence-corrected chi connectivity index (χ1v) is 6.51. The molecule has 0 unspecified atom stereocenters. The number of anilines is 1. The van der Waals surface area contributed by atoms with E-state index in [1.165, 1.54) is 18.2 Å². The molecule has 0 bridgehead atoms. The molecule has 2 rings (SSSR count). The van der Waals surface area contributed by atoms with Crippen molar-refractivity contribution in [1.82, 2.24) is 4.57 Å². The van der Waals surface area contributed by atoms with Crippen molar-refractivity contribution in [2.45, 2.75) is 0 Å². The second-order valence-electron chi connectivity index (χ2n) is 3.73. The van der Waals surface area contributed by atoms with E-state index in [0.717, 1.165) is 0 Å². The van der Waals surface area contributed by atoms with Crippen molar-refractivity contribution in [3.05, 3.63) is 50.6 Å². The Bertz CT molecular complexity index is 612. The Kier molecular flexibility index (Phi) is 3.91. The summed E-state index contributed by atoms with van der Waals surface area (Å²) in [4.78, 5) is 12.0. The van der Waals surface area contributed by atoms with E-state index in [4.69, 9.17) is 11.6 Å². The van der Waals surface area contributed by atoms with E-state index in [9.17, 15) is 9.18 Å². The molecule has 18 heavy (non-hydrogen) atoms. The SMILES string of the molecule is Cn1cc(Cl)cc1C(=O)Nc1ccc(F)cc1I. The number of amides is 1. The quantitative estimate of drug-likeness (QED) is 0.795. The summed E-state index contributed by atoms with van der Waals surface area (Å²) in [7, 11) is 1.73. The third kappa shape index (κ3) is 2.84. The molecule has 6 heteroatoms. The highest BCUT2D eigenvalue weighted by molar-refractivity contribution is 14.1. The maximum absolute atomic E-state index is 12.9. The molecular formula is C12H9ClFIN2O. The molecule has 2 aromatic rings. The van der Waals surface area contributed by atoms with Gasteiger partial charge in [-0.15, -0.1) is 0 Å². The van der Waals surface area contributed by atoms with Crippen LogP contribution in [0.1, 0.15) is 10.5 Å². The molecule has 0 saturated heterocycles. The van der Waals surface area contributed by atoms with E-state index in [-0.39, 0.29) is 11.7 Å². The lowest BCUT2D eigenvalue weighted by molar-refractivity contribution is 0.101. The van der Waals surface area contributed by atoms with Gasteiger partial charge >= 0.3 is 0 Å². The summed E-state index contributed by atoms with van der Waals surface area (Å²) >= 11 is 7.78. The van der Waals surface area contributed by atoms with E-state index < -0.39 is 0 Å². The first-order valence-electron chi connectivity index (χ1n) is 5.05. The third-order valence-electron chi connectivity index (χ3n) is 2.38. The highest BCUT2D eigenvalue weighted by Gasteiger charge is 2.12. The van der Waals surface area contributed by atoms with Gasteiger partial charge in [0, 0.05) is 16.8 Å².